The van der Waals surface area contributed by atoms with Gasteiger partial charge in [-0.05, 0) is 12.1 Å². The Morgan fingerprint density at radius 2 is 1.35 bits per heavy atom. The van der Waals surface area contributed by atoms with Gasteiger partial charge in [-0.1, -0.05) is 42.5 Å². The van der Waals surface area contributed by atoms with Crippen LogP contribution in [0.5, 0.6) is 0 Å². The third kappa shape index (κ3) is 2.56. The molecule has 1 N–H and O–H groups in total. The molecule has 3 rings (SSSR count). The van der Waals surface area contributed by atoms with Crippen molar-refractivity contribution in [3.05, 3.63) is 77.5 Å². The number of Topliss-reactive ketones (excluding diaryl/α,β-unsaturated/α-hetero) is 1. The van der Waals surface area contributed by atoms with Crippen LogP contribution in [-0.4, -0.2) is 11.6 Å². The largest absolute Gasteiger partial charge is 0.352 e. The number of ketones is 2. The van der Waals surface area contributed by atoms with Crippen molar-refractivity contribution in [3.8, 4) is 0 Å². The van der Waals surface area contributed by atoms with Crippen LogP contribution in [0, 0.1) is 0 Å². The fraction of sp³-hybridized carbons (Fsp3) is 0. The molecule has 0 atom stereocenters. The molecule has 0 aliphatic heterocycles. The molecule has 0 spiro atoms. The number of anilines is 1. The minimum absolute atomic E-state index is 0. The summed E-state index contributed by atoms with van der Waals surface area (Å²) >= 11 is 0. The average molecular weight is 308 g/mol. The van der Waals surface area contributed by atoms with Crippen molar-refractivity contribution >= 4 is 17.3 Å². The Hall–Kier alpha value is -2.19. The predicted octanol–water partition coefficient (Wildman–Crippen LogP) is 3.06. The van der Waals surface area contributed by atoms with Crippen molar-refractivity contribution in [2.75, 3.05) is 5.32 Å². The first-order chi connectivity index (χ1) is 9.25. The van der Waals surface area contributed by atoms with Gasteiger partial charge in [0.1, 0.15) is 0 Å². The third-order valence-corrected chi connectivity index (χ3v) is 3.01. The van der Waals surface area contributed by atoms with E-state index < -0.39 is 0 Å². The molecule has 0 saturated carbocycles. The predicted molar refractivity (Wildman–Crippen MR) is 73.3 cm³/mol. The number of hydrogen-bond acceptors (Lipinski definition) is 3. The molecule has 20 heavy (non-hydrogen) atoms. The van der Waals surface area contributed by atoms with Crippen LogP contribution in [0.15, 0.2) is 66.4 Å². The van der Waals surface area contributed by atoms with Gasteiger partial charge in [-0.2, -0.15) is 0 Å². The van der Waals surface area contributed by atoms with E-state index in [9.17, 15) is 9.59 Å². The quantitative estimate of drug-likeness (QED) is 0.867. The van der Waals surface area contributed by atoms with Crippen LogP contribution in [0.3, 0.4) is 0 Å². The Morgan fingerprint density at radius 3 is 2.05 bits per heavy atom. The van der Waals surface area contributed by atoms with Crippen LogP contribution >= 0.6 is 0 Å². The summed E-state index contributed by atoms with van der Waals surface area (Å²) in [7, 11) is 0. The van der Waals surface area contributed by atoms with E-state index in [1.807, 2.05) is 30.3 Å². The monoisotopic (exact) mass is 307 g/mol. The first-order valence-electron chi connectivity index (χ1n) is 5.97. The molecular formula is C16H11NNiO2. The smallest absolute Gasteiger partial charge is 0.210 e. The molecule has 0 aromatic heterocycles. The second kappa shape index (κ2) is 5.85. The van der Waals surface area contributed by atoms with E-state index in [2.05, 4.69) is 5.32 Å². The Bertz CT molecular complexity index is 693. The number of carbonyl (C=O) groups excluding carboxylic acids is 2. The Kier molecular flexibility index (Phi) is 4.16. The maximum absolute atomic E-state index is 12.3. The zero-order chi connectivity index (χ0) is 13.2. The number of rotatable bonds is 2. The van der Waals surface area contributed by atoms with Crippen LogP contribution in [0.4, 0.5) is 5.69 Å². The number of benzene rings is 2. The van der Waals surface area contributed by atoms with Crippen molar-refractivity contribution in [2.24, 2.45) is 0 Å². The molecule has 1 aliphatic rings. The molecule has 1 aliphatic carbocycles. The van der Waals surface area contributed by atoms with E-state index in [0.29, 0.717) is 16.8 Å². The summed E-state index contributed by atoms with van der Waals surface area (Å²) in [6.07, 6.45) is 1.36. The van der Waals surface area contributed by atoms with Gasteiger partial charge in [-0.3, -0.25) is 9.59 Å². The zero-order valence-corrected chi connectivity index (χ0v) is 11.4. The molecule has 0 bridgehead atoms. The first-order valence-corrected chi connectivity index (χ1v) is 5.97. The Morgan fingerprint density at radius 1 is 0.750 bits per heavy atom. The average Bonchev–Trinajstić information content (AvgIpc) is 2.46. The number of carbonyl (C=O) groups is 2. The van der Waals surface area contributed by atoms with E-state index >= 15 is 0 Å². The van der Waals surface area contributed by atoms with Crippen molar-refractivity contribution in [1.82, 2.24) is 0 Å². The minimum atomic E-state index is -0.154. The van der Waals surface area contributed by atoms with Gasteiger partial charge in [-0.15, -0.1) is 0 Å². The van der Waals surface area contributed by atoms with Crippen LogP contribution in [0.2, 0.25) is 0 Å². The second-order valence-corrected chi connectivity index (χ2v) is 4.29. The molecule has 0 heterocycles. The van der Waals surface area contributed by atoms with Crippen molar-refractivity contribution in [3.63, 3.8) is 0 Å². The van der Waals surface area contributed by atoms with Gasteiger partial charge < -0.3 is 5.32 Å². The third-order valence-electron chi connectivity index (χ3n) is 3.01. The van der Waals surface area contributed by atoms with Crippen molar-refractivity contribution in [1.29, 1.82) is 0 Å². The van der Waals surface area contributed by atoms with Crippen LogP contribution in [0.1, 0.15) is 20.7 Å². The van der Waals surface area contributed by atoms with Gasteiger partial charge in [0.15, 0.2) is 5.78 Å². The van der Waals surface area contributed by atoms with E-state index in [1.165, 1.54) is 6.08 Å². The molecule has 4 heteroatoms. The maximum Gasteiger partial charge on any atom is 0.210 e. The van der Waals surface area contributed by atoms with Gasteiger partial charge in [-0.25, -0.2) is 0 Å². The summed E-state index contributed by atoms with van der Waals surface area (Å²) < 4.78 is 0. The van der Waals surface area contributed by atoms with Crippen LogP contribution in [-0.2, 0) is 16.5 Å². The molecule has 0 radical (unpaired) electrons. The molecular weight excluding hydrogens is 297 g/mol. The minimum Gasteiger partial charge on any atom is -0.352 e. The molecule has 0 unspecified atom stereocenters. The number of nitrogens with one attached hydrogen (secondary N) is 1. The summed E-state index contributed by atoms with van der Waals surface area (Å²) in [6.45, 7) is 0. The Labute approximate surface area is 126 Å². The molecule has 2 aromatic carbocycles. The van der Waals surface area contributed by atoms with Crippen molar-refractivity contribution in [2.45, 2.75) is 0 Å². The molecule has 0 saturated heterocycles. The normalized spacial score (nSPS) is 13.1. The number of para-hydroxylation sites is 1. The molecule has 2 aromatic rings. The van der Waals surface area contributed by atoms with E-state index in [-0.39, 0.29) is 28.1 Å². The molecule has 0 amide bonds. The second-order valence-electron chi connectivity index (χ2n) is 4.29. The van der Waals surface area contributed by atoms with Gasteiger partial charge in [0.2, 0.25) is 5.78 Å². The number of hydrogen-bond donors (Lipinski definition) is 1. The zero-order valence-electron chi connectivity index (χ0n) is 10.4. The van der Waals surface area contributed by atoms with Gasteiger partial charge in [0.25, 0.3) is 0 Å². The van der Waals surface area contributed by atoms with Crippen molar-refractivity contribution < 1.29 is 26.1 Å². The summed E-state index contributed by atoms with van der Waals surface area (Å²) in [5.41, 5.74) is 2.02. The summed E-state index contributed by atoms with van der Waals surface area (Å²) in [5.74, 6) is -0.298. The van der Waals surface area contributed by atoms with E-state index in [0.717, 1.165) is 5.69 Å². The van der Waals surface area contributed by atoms with Gasteiger partial charge >= 0.3 is 0 Å². The SMILES string of the molecule is O=C1C=C(Nc2ccccc2)C(=O)c2ccccc21.[Ni]. The fourth-order valence-electron chi connectivity index (χ4n) is 2.09. The Balaban J connectivity index is 0.00000147. The van der Waals surface area contributed by atoms with E-state index in [4.69, 9.17) is 0 Å². The van der Waals surface area contributed by atoms with Gasteiger partial charge in [0.05, 0.1) is 5.70 Å². The first kappa shape index (κ1) is 14.2. The topological polar surface area (TPSA) is 46.2 Å². The van der Waals surface area contributed by atoms with E-state index in [1.54, 1.807) is 24.3 Å². The number of allylic oxidation sites excluding steroid dienone is 2. The standard InChI is InChI=1S/C16H11NO2.Ni/c18-15-10-14(17-11-6-2-1-3-7-11)16(19)13-9-5-4-8-12(13)15;/h1-10,17H;. The molecule has 3 nitrogen and oxygen atoms in total. The summed E-state index contributed by atoms with van der Waals surface area (Å²) in [4.78, 5) is 24.2. The van der Waals surface area contributed by atoms with Crippen LogP contribution in [0.25, 0.3) is 0 Å². The summed E-state index contributed by atoms with van der Waals surface area (Å²) in [5, 5.41) is 2.99. The number of fused-ring (bicyclic) bond motifs is 1. The molecule has 0 fully saturated rings. The summed E-state index contributed by atoms with van der Waals surface area (Å²) in [6, 6.07) is 16.2. The maximum atomic E-state index is 12.3. The fourth-order valence-corrected chi connectivity index (χ4v) is 2.09. The van der Waals surface area contributed by atoms with Gasteiger partial charge in [0, 0.05) is 39.4 Å². The van der Waals surface area contributed by atoms with Crippen LogP contribution < -0.4 is 5.32 Å². The molecule has 102 valence electrons.